The molecule has 1 aliphatic heterocycles. The van der Waals surface area contributed by atoms with E-state index in [1.54, 1.807) is 6.07 Å². The number of hydrogen-bond donors (Lipinski definition) is 5. The van der Waals surface area contributed by atoms with Crippen LogP contribution in [0.4, 0.5) is 11.5 Å². The zero-order chi connectivity index (χ0) is 24.4. The van der Waals surface area contributed by atoms with E-state index in [0.29, 0.717) is 0 Å². The average molecular weight is 494 g/mol. The molecule has 3 heterocycles. The molecule has 1 fully saturated rings. The Kier molecular flexibility index (Phi) is 7.11. The van der Waals surface area contributed by atoms with E-state index in [-0.39, 0.29) is 45.9 Å². The van der Waals surface area contributed by atoms with Gasteiger partial charge < -0.3 is 35.6 Å². The van der Waals surface area contributed by atoms with Crippen molar-refractivity contribution in [3.8, 4) is 5.75 Å². The van der Waals surface area contributed by atoms with E-state index in [0.717, 1.165) is 11.8 Å². The fraction of sp³-hybridized carbons (Fsp3) is 0.421. The van der Waals surface area contributed by atoms with Gasteiger partial charge in [-0.2, -0.15) is 0 Å². The maximum absolute atomic E-state index is 11.1. The number of aliphatic hydroxyl groups is 4. The highest BCUT2D eigenvalue weighted by molar-refractivity contribution is 7.99. The van der Waals surface area contributed by atoms with Gasteiger partial charge in [-0.25, -0.2) is 15.0 Å². The average Bonchev–Trinajstić information content (AvgIpc) is 3.34. The van der Waals surface area contributed by atoms with Crippen LogP contribution in [0.1, 0.15) is 6.23 Å². The van der Waals surface area contributed by atoms with Crippen molar-refractivity contribution in [1.82, 2.24) is 19.5 Å². The predicted molar refractivity (Wildman–Crippen MR) is 118 cm³/mol. The summed E-state index contributed by atoms with van der Waals surface area (Å²) in [6, 6.07) is 5.82. The summed E-state index contributed by atoms with van der Waals surface area (Å²) in [6.07, 6.45) is -4.72. The maximum atomic E-state index is 11.1. The number of nitrogens with two attached hydrogens (primary N) is 1. The highest BCUT2D eigenvalue weighted by Crippen LogP contribution is 2.36. The van der Waals surface area contributed by atoms with Gasteiger partial charge in [-0.05, 0) is 6.07 Å². The van der Waals surface area contributed by atoms with Gasteiger partial charge in [0.25, 0.3) is 0 Å². The van der Waals surface area contributed by atoms with Crippen molar-refractivity contribution in [3.63, 3.8) is 0 Å². The molecule has 3 aromatic rings. The molecule has 1 aromatic carbocycles. The zero-order valence-electron chi connectivity index (χ0n) is 17.5. The van der Waals surface area contributed by atoms with Crippen LogP contribution in [0.25, 0.3) is 11.2 Å². The van der Waals surface area contributed by atoms with Crippen LogP contribution < -0.4 is 10.5 Å². The Morgan fingerprint density at radius 3 is 2.76 bits per heavy atom. The van der Waals surface area contributed by atoms with Crippen LogP contribution in [0, 0.1) is 10.1 Å². The number of nitrogens with zero attached hydrogens (tertiary/aromatic N) is 5. The number of ether oxygens (including phenoxy) is 2. The molecule has 1 aliphatic rings. The zero-order valence-corrected chi connectivity index (χ0v) is 18.4. The highest BCUT2D eigenvalue weighted by Gasteiger charge is 2.45. The van der Waals surface area contributed by atoms with Gasteiger partial charge in [0.2, 0.25) is 0 Å². The summed E-state index contributed by atoms with van der Waals surface area (Å²) in [5.41, 5.74) is 6.15. The Labute approximate surface area is 196 Å². The smallest absolute Gasteiger partial charge is 0.310 e. The molecule has 2 aromatic heterocycles. The number of benzene rings is 1. The molecule has 0 bridgehead atoms. The van der Waals surface area contributed by atoms with E-state index in [1.807, 2.05) is 0 Å². The molecular weight excluding hydrogens is 472 g/mol. The molecule has 182 valence electrons. The van der Waals surface area contributed by atoms with Crippen molar-refractivity contribution >= 4 is 34.4 Å². The van der Waals surface area contributed by atoms with Gasteiger partial charge >= 0.3 is 5.69 Å². The minimum atomic E-state index is -1.39. The molecule has 0 amide bonds. The Morgan fingerprint density at radius 2 is 2.06 bits per heavy atom. The lowest BCUT2D eigenvalue weighted by atomic mass is 10.1. The quantitative estimate of drug-likeness (QED) is 0.144. The number of aromatic nitrogens is 4. The summed E-state index contributed by atoms with van der Waals surface area (Å²) in [5.74, 6) is 0.155. The van der Waals surface area contributed by atoms with E-state index in [1.165, 1.54) is 29.1 Å². The number of anilines is 1. The SMILES string of the molecule is Nc1ncnc2c1nc(SCC(O)COc1ccccc1[N+](=O)[O-])n2[C@@H]1O[C@H](CO)[C@@H](O)[C@H]1O. The van der Waals surface area contributed by atoms with Gasteiger partial charge in [0.15, 0.2) is 34.1 Å². The second-order valence-electron chi connectivity index (χ2n) is 7.43. The van der Waals surface area contributed by atoms with Crippen molar-refractivity contribution in [1.29, 1.82) is 0 Å². The van der Waals surface area contributed by atoms with Crippen LogP contribution in [-0.4, -0.2) is 88.3 Å². The van der Waals surface area contributed by atoms with Crippen molar-refractivity contribution in [2.24, 2.45) is 0 Å². The largest absolute Gasteiger partial charge is 0.484 e. The molecule has 4 rings (SSSR count). The number of thioether (sulfide) groups is 1. The van der Waals surface area contributed by atoms with Gasteiger partial charge in [0.05, 0.1) is 17.6 Å². The normalized spacial score (nSPS) is 23.3. The number of nitro benzene ring substituents is 1. The predicted octanol–water partition coefficient (Wildman–Crippen LogP) is -0.540. The number of hydrogen-bond acceptors (Lipinski definition) is 13. The summed E-state index contributed by atoms with van der Waals surface area (Å²) >= 11 is 1.06. The highest BCUT2D eigenvalue weighted by atomic mass is 32.2. The van der Waals surface area contributed by atoms with Crippen LogP contribution in [-0.2, 0) is 4.74 Å². The van der Waals surface area contributed by atoms with Gasteiger partial charge in [0, 0.05) is 11.8 Å². The summed E-state index contributed by atoms with van der Waals surface area (Å²) in [7, 11) is 0. The summed E-state index contributed by atoms with van der Waals surface area (Å²) < 4.78 is 12.5. The maximum Gasteiger partial charge on any atom is 0.310 e. The van der Waals surface area contributed by atoms with Crippen molar-refractivity contribution in [3.05, 3.63) is 40.7 Å². The molecule has 0 spiro atoms. The van der Waals surface area contributed by atoms with Crippen molar-refractivity contribution in [2.45, 2.75) is 35.8 Å². The third-order valence-electron chi connectivity index (χ3n) is 5.14. The standard InChI is InChI=1S/C19H22N6O8S/c20-16-13-17(22-8-21-16)24(18-15(29)14(28)12(5-26)33-18)19(23-13)34-7-9(27)6-32-11-4-2-1-3-10(11)25(30)31/h1-4,8-9,12,14-15,18,26-29H,5-7H2,(H2,20,21,22)/t9?,12-,14-,15-,18-/m1/s1. The molecule has 0 aliphatic carbocycles. The van der Waals surface area contributed by atoms with Crippen LogP contribution >= 0.6 is 11.8 Å². The Balaban J connectivity index is 1.53. The van der Waals surface area contributed by atoms with Crippen LogP contribution in [0.3, 0.4) is 0 Å². The number of imidazole rings is 1. The first kappa shape index (κ1) is 24.1. The Bertz CT molecular complexity index is 1180. The number of fused-ring (bicyclic) bond motifs is 1. The van der Waals surface area contributed by atoms with E-state index in [4.69, 9.17) is 15.2 Å². The number of nitro groups is 1. The molecule has 5 atom stereocenters. The number of rotatable bonds is 9. The van der Waals surface area contributed by atoms with Gasteiger partial charge in [-0.15, -0.1) is 0 Å². The molecule has 34 heavy (non-hydrogen) atoms. The first-order valence-corrected chi connectivity index (χ1v) is 11.1. The van der Waals surface area contributed by atoms with Crippen LogP contribution in [0.15, 0.2) is 35.7 Å². The lowest BCUT2D eigenvalue weighted by Crippen LogP contribution is -2.33. The van der Waals surface area contributed by atoms with E-state index in [9.17, 15) is 30.5 Å². The minimum absolute atomic E-state index is 0.0262. The van der Waals surface area contributed by atoms with E-state index in [2.05, 4.69) is 15.0 Å². The third-order valence-corrected chi connectivity index (χ3v) is 6.24. The molecular formula is C19H22N6O8S. The fourth-order valence-corrected chi connectivity index (χ4v) is 4.39. The van der Waals surface area contributed by atoms with Crippen molar-refractivity contribution in [2.75, 3.05) is 24.7 Å². The van der Waals surface area contributed by atoms with E-state index >= 15 is 0 Å². The summed E-state index contributed by atoms with van der Waals surface area (Å²) in [4.78, 5) is 23.0. The topological polar surface area (TPSA) is 212 Å². The molecule has 6 N–H and O–H groups in total. The van der Waals surface area contributed by atoms with Gasteiger partial charge in [-0.1, -0.05) is 23.9 Å². The lowest BCUT2D eigenvalue weighted by molar-refractivity contribution is -0.385. The minimum Gasteiger partial charge on any atom is -0.484 e. The first-order valence-electron chi connectivity index (χ1n) is 10.1. The molecule has 15 heteroatoms. The second kappa shape index (κ2) is 10.0. The Hall–Kier alpha value is -3.08. The van der Waals surface area contributed by atoms with Gasteiger partial charge in [0.1, 0.15) is 31.2 Å². The fourth-order valence-electron chi connectivity index (χ4n) is 3.47. The number of aliphatic hydroxyl groups excluding tert-OH is 4. The lowest BCUT2D eigenvalue weighted by Gasteiger charge is -2.19. The number of para-hydroxylation sites is 2. The molecule has 1 unspecified atom stereocenters. The molecule has 14 nitrogen and oxygen atoms in total. The van der Waals surface area contributed by atoms with Crippen molar-refractivity contribution < 1.29 is 34.8 Å². The van der Waals surface area contributed by atoms with E-state index < -0.39 is 42.2 Å². The molecule has 1 saturated heterocycles. The van der Waals surface area contributed by atoms with Crippen LogP contribution in [0.5, 0.6) is 5.75 Å². The first-order chi connectivity index (χ1) is 16.3. The monoisotopic (exact) mass is 494 g/mol. The molecule has 0 radical (unpaired) electrons. The number of nitrogen functional groups attached to an aromatic ring is 1. The third kappa shape index (κ3) is 4.61. The van der Waals surface area contributed by atoms with Gasteiger partial charge in [-0.3, -0.25) is 14.7 Å². The Morgan fingerprint density at radius 1 is 1.29 bits per heavy atom. The second-order valence-corrected chi connectivity index (χ2v) is 8.41. The molecule has 0 saturated carbocycles. The summed E-state index contributed by atoms with van der Waals surface area (Å²) in [5, 5.41) is 51.8. The van der Waals surface area contributed by atoms with Crippen LogP contribution in [0.2, 0.25) is 0 Å². The summed E-state index contributed by atoms with van der Waals surface area (Å²) in [6.45, 7) is -0.740.